The maximum atomic E-state index is 13.1. The van der Waals surface area contributed by atoms with E-state index < -0.39 is 10.0 Å². The maximum absolute atomic E-state index is 13.1. The Kier molecular flexibility index (Phi) is 6.80. The van der Waals surface area contributed by atoms with Crippen molar-refractivity contribution in [2.24, 2.45) is 0 Å². The quantitative estimate of drug-likeness (QED) is 0.766. The number of nitrogens with zero attached hydrogens (tertiary/aromatic N) is 2. The molecule has 3 fully saturated rings. The average Bonchev–Trinajstić information content (AvgIpc) is 3.34. The zero-order valence-electron chi connectivity index (χ0n) is 18.2. The van der Waals surface area contributed by atoms with Crippen molar-refractivity contribution in [3.05, 3.63) is 29.8 Å². The molecule has 1 amide bonds. The molecule has 0 unspecified atom stereocenters. The van der Waals surface area contributed by atoms with Gasteiger partial charge in [0.05, 0.1) is 31.1 Å². The second kappa shape index (κ2) is 9.37. The average molecular weight is 435 g/mol. The van der Waals surface area contributed by atoms with Gasteiger partial charge in [-0.1, -0.05) is 31.4 Å². The van der Waals surface area contributed by atoms with Crippen molar-refractivity contribution in [1.29, 1.82) is 0 Å². The number of piperazine rings is 1. The molecular formula is C23H36N3O3S+. The van der Waals surface area contributed by atoms with E-state index >= 15 is 0 Å². The highest BCUT2D eigenvalue weighted by Crippen LogP contribution is 2.33. The summed E-state index contributed by atoms with van der Waals surface area (Å²) in [6, 6.07) is 7.51. The van der Waals surface area contributed by atoms with Crippen molar-refractivity contribution in [1.82, 2.24) is 9.21 Å². The predicted molar refractivity (Wildman–Crippen MR) is 117 cm³/mol. The maximum Gasteiger partial charge on any atom is 0.280 e. The van der Waals surface area contributed by atoms with Crippen LogP contribution in [0.15, 0.2) is 29.2 Å². The Balaban J connectivity index is 1.35. The lowest BCUT2D eigenvalue weighted by Gasteiger charge is -2.35. The zero-order chi connectivity index (χ0) is 21.1. The van der Waals surface area contributed by atoms with E-state index in [0.29, 0.717) is 37.0 Å². The van der Waals surface area contributed by atoms with Crippen LogP contribution in [0.1, 0.15) is 63.4 Å². The summed E-state index contributed by atoms with van der Waals surface area (Å²) >= 11 is 0. The third-order valence-corrected chi connectivity index (χ3v) is 9.27. The first kappa shape index (κ1) is 21.8. The van der Waals surface area contributed by atoms with Crippen LogP contribution in [0.5, 0.6) is 0 Å². The molecular weight excluding hydrogens is 398 g/mol. The minimum absolute atomic E-state index is 0.0947. The van der Waals surface area contributed by atoms with E-state index in [0.717, 1.165) is 25.9 Å². The number of rotatable bonds is 5. The lowest BCUT2D eigenvalue weighted by molar-refractivity contribution is -0.918. The summed E-state index contributed by atoms with van der Waals surface area (Å²) in [6.07, 6.45) is 8.49. The fourth-order valence-corrected chi connectivity index (χ4v) is 6.77. The molecule has 30 heavy (non-hydrogen) atoms. The highest BCUT2D eigenvalue weighted by Gasteiger charge is 2.36. The smallest absolute Gasteiger partial charge is 0.280 e. The molecule has 1 aromatic carbocycles. The highest BCUT2D eigenvalue weighted by atomic mass is 32.2. The van der Waals surface area contributed by atoms with Gasteiger partial charge in [-0.05, 0) is 56.2 Å². The van der Waals surface area contributed by atoms with E-state index in [1.54, 1.807) is 16.4 Å². The first-order chi connectivity index (χ1) is 14.5. The molecule has 6 nitrogen and oxygen atoms in total. The van der Waals surface area contributed by atoms with Crippen LogP contribution < -0.4 is 4.90 Å². The Morgan fingerprint density at radius 2 is 1.53 bits per heavy atom. The Labute approximate surface area is 181 Å². The van der Waals surface area contributed by atoms with Crippen LogP contribution in [0.4, 0.5) is 0 Å². The van der Waals surface area contributed by atoms with Gasteiger partial charge < -0.3 is 9.80 Å². The SMILES string of the molecule is C[C@H](C(=O)N1CCCC1)[NH+]1CCN(S(=O)(=O)c2ccc(C3CCCCC3)cc2)CC1. The fourth-order valence-electron chi connectivity index (χ4n) is 5.33. The number of carbonyl (C=O) groups excluding carboxylic acids is 1. The van der Waals surface area contributed by atoms with E-state index in [1.807, 2.05) is 24.0 Å². The monoisotopic (exact) mass is 434 g/mol. The van der Waals surface area contributed by atoms with Crippen LogP contribution in [0.3, 0.4) is 0 Å². The summed E-state index contributed by atoms with van der Waals surface area (Å²) in [6.45, 7) is 6.03. The minimum atomic E-state index is -3.47. The van der Waals surface area contributed by atoms with E-state index in [-0.39, 0.29) is 11.9 Å². The molecule has 2 aliphatic heterocycles. The molecule has 2 heterocycles. The highest BCUT2D eigenvalue weighted by molar-refractivity contribution is 7.89. The zero-order valence-corrected chi connectivity index (χ0v) is 19.0. The standard InChI is InChI=1S/C23H35N3O3S/c1-19(23(27)25-13-5-6-14-25)24-15-17-26(18-16-24)30(28,29)22-11-9-21(10-12-22)20-7-3-2-4-8-20/h9-12,19-20H,2-8,13-18H2,1H3/p+1/t19-/m1/s1. The van der Waals surface area contributed by atoms with Gasteiger partial charge in [0.2, 0.25) is 10.0 Å². The molecule has 166 valence electrons. The number of quaternary nitrogens is 1. The van der Waals surface area contributed by atoms with Crippen molar-refractivity contribution in [2.75, 3.05) is 39.3 Å². The predicted octanol–water partition coefficient (Wildman–Crippen LogP) is 1.63. The summed E-state index contributed by atoms with van der Waals surface area (Å²) in [5.41, 5.74) is 1.28. The van der Waals surface area contributed by atoms with Gasteiger partial charge in [0.25, 0.3) is 5.91 Å². The van der Waals surface area contributed by atoms with Crippen molar-refractivity contribution >= 4 is 15.9 Å². The Morgan fingerprint density at radius 3 is 2.13 bits per heavy atom. The molecule has 1 aliphatic carbocycles. The van der Waals surface area contributed by atoms with Crippen LogP contribution in [0.2, 0.25) is 0 Å². The Morgan fingerprint density at radius 1 is 0.933 bits per heavy atom. The molecule has 2 saturated heterocycles. The van der Waals surface area contributed by atoms with Crippen LogP contribution >= 0.6 is 0 Å². The molecule has 0 spiro atoms. The molecule has 0 aromatic heterocycles. The van der Waals surface area contributed by atoms with Crippen molar-refractivity contribution in [2.45, 2.75) is 68.7 Å². The van der Waals surface area contributed by atoms with Gasteiger partial charge >= 0.3 is 0 Å². The van der Waals surface area contributed by atoms with Crippen molar-refractivity contribution < 1.29 is 18.1 Å². The first-order valence-electron chi connectivity index (χ1n) is 11.7. The van der Waals surface area contributed by atoms with Crippen LogP contribution in [-0.4, -0.2) is 68.8 Å². The van der Waals surface area contributed by atoms with Crippen LogP contribution in [0, 0.1) is 0 Å². The lowest BCUT2D eigenvalue weighted by atomic mass is 9.84. The number of likely N-dealkylation sites (tertiary alicyclic amines) is 1. The third-order valence-electron chi connectivity index (χ3n) is 7.36. The number of benzene rings is 1. The van der Waals surface area contributed by atoms with Gasteiger partial charge in [0.1, 0.15) is 0 Å². The third kappa shape index (κ3) is 4.58. The van der Waals surface area contributed by atoms with Gasteiger partial charge in [-0.25, -0.2) is 8.42 Å². The van der Waals surface area contributed by atoms with Gasteiger partial charge in [0, 0.05) is 13.1 Å². The molecule has 4 rings (SSSR count). The number of hydrogen-bond acceptors (Lipinski definition) is 3. The van der Waals surface area contributed by atoms with Crippen molar-refractivity contribution in [3.8, 4) is 0 Å². The molecule has 1 N–H and O–H groups in total. The second-order valence-electron chi connectivity index (χ2n) is 9.22. The number of nitrogens with one attached hydrogen (secondary N) is 1. The summed E-state index contributed by atoms with van der Waals surface area (Å²) in [4.78, 5) is 16.2. The van der Waals surface area contributed by atoms with Crippen molar-refractivity contribution in [3.63, 3.8) is 0 Å². The number of hydrogen-bond donors (Lipinski definition) is 1. The Hall–Kier alpha value is -1.44. The largest absolute Gasteiger partial charge is 0.338 e. The molecule has 0 bridgehead atoms. The molecule has 1 aromatic rings. The van der Waals surface area contributed by atoms with E-state index in [1.165, 1.54) is 42.6 Å². The Bertz CT molecular complexity index is 820. The molecule has 3 aliphatic rings. The van der Waals surface area contributed by atoms with E-state index in [9.17, 15) is 13.2 Å². The van der Waals surface area contributed by atoms with Gasteiger partial charge in [-0.3, -0.25) is 4.79 Å². The molecule has 7 heteroatoms. The lowest BCUT2D eigenvalue weighted by Crippen LogP contribution is -3.19. The number of amides is 1. The van der Waals surface area contributed by atoms with Gasteiger partial charge in [0.15, 0.2) is 6.04 Å². The first-order valence-corrected chi connectivity index (χ1v) is 13.1. The van der Waals surface area contributed by atoms with Gasteiger partial charge in [-0.2, -0.15) is 4.31 Å². The molecule has 1 saturated carbocycles. The normalized spacial score (nSPS) is 23.6. The molecule has 0 radical (unpaired) electrons. The summed E-state index contributed by atoms with van der Waals surface area (Å²) in [7, 11) is -3.47. The second-order valence-corrected chi connectivity index (χ2v) is 11.2. The topological polar surface area (TPSA) is 62.1 Å². The van der Waals surface area contributed by atoms with Gasteiger partial charge in [-0.15, -0.1) is 0 Å². The summed E-state index contributed by atoms with van der Waals surface area (Å²) in [5.74, 6) is 0.800. The molecule has 1 atom stereocenters. The summed E-state index contributed by atoms with van der Waals surface area (Å²) < 4.78 is 27.9. The van der Waals surface area contributed by atoms with E-state index in [4.69, 9.17) is 0 Å². The van der Waals surface area contributed by atoms with E-state index in [2.05, 4.69) is 0 Å². The number of carbonyl (C=O) groups is 1. The minimum Gasteiger partial charge on any atom is -0.338 e. The summed E-state index contributed by atoms with van der Waals surface area (Å²) in [5, 5.41) is 0. The number of sulfonamides is 1. The fraction of sp³-hybridized carbons (Fsp3) is 0.696. The van der Waals surface area contributed by atoms with Crippen LogP contribution in [-0.2, 0) is 14.8 Å². The van der Waals surface area contributed by atoms with Crippen LogP contribution in [0.25, 0.3) is 0 Å².